The summed E-state index contributed by atoms with van der Waals surface area (Å²) in [5.41, 5.74) is 2.32. The first-order valence-electron chi connectivity index (χ1n) is 9.14. The minimum atomic E-state index is -0.424. The molecule has 1 aliphatic rings. The van der Waals surface area contributed by atoms with E-state index in [-0.39, 0.29) is 11.8 Å². The molecule has 2 atom stereocenters. The van der Waals surface area contributed by atoms with Crippen LogP contribution in [0, 0.1) is 6.42 Å². The van der Waals surface area contributed by atoms with Gasteiger partial charge in [-0.25, -0.2) is 9.97 Å². The van der Waals surface area contributed by atoms with E-state index in [0.29, 0.717) is 39.1 Å². The Kier molecular flexibility index (Phi) is 6.15. The van der Waals surface area contributed by atoms with Gasteiger partial charge < -0.3 is 10.4 Å². The molecule has 0 bridgehead atoms. The molecule has 2 heterocycles. The number of anilines is 1. The van der Waals surface area contributed by atoms with Gasteiger partial charge in [0.25, 0.3) is 0 Å². The Bertz CT molecular complexity index is 1040. The number of halogens is 2. The van der Waals surface area contributed by atoms with Gasteiger partial charge in [-0.15, -0.1) is 11.3 Å². The van der Waals surface area contributed by atoms with Crippen molar-refractivity contribution in [2.45, 2.75) is 31.4 Å². The fourth-order valence-corrected chi connectivity index (χ4v) is 4.61. The molecule has 3 aromatic rings. The fourth-order valence-electron chi connectivity index (χ4n) is 3.35. The normalized spacial score (nSPS) is 18.7. The third-order valence-electron chi connectivity index (χ3n) is 4.82. The number of nitrogens with zero attached hydrogens (tertiary/aromatic N) is 2. The monoisotopic (exact) mass is 446 g/mol. The molecular formula is C21H18Cl2N3O2S. The van der Waals surface area contributed by atoms with E-state index in [0.717, 1.165) is 17.5 Å². The number of carbonyl (C=O) groups is 1. The maximum Gasteiger partial charge on any atom is 0.208 e. The van der Waals surface area contributed by atoms with Crippen LogP contribution in [0.25, 0.3) is 0 Å². The Morgan fingerprint density at radius 3 is 3.00 bits per heavy atom. The number of aliphatic hydroxyl groups is 1. The average Bonchev–Trinajstić information content (AvgIpc) is 3.34. The van der Waals surface area contributed by atoms with Gasteiger partial charge in [-0.05, 0) is 54.3 Å². The van der Waals surface area contributed by atoms with Crippen molar-refractivity contribution in [1.82, 2.24) is 9.97 Å². The number of carbonyl (C=O) groups excluding carboxylic acids is 1. The highest BCUT2D eigenvalue weighted by Gasteiger charge is 2.25. The van der Waals surface area contributed by atoms with Gasteiger partial charge in [-0.2, -0.15) is 0 Å². The lowest BCUT2D eigenvalue weighted by Crippen LogP contribution is -2.20. The van der Waals surface area contributed by atoms with E-state index in [1.54, 1.807) is 6.07 Å². The highest BCUT2D eigenvalue weighted by Crippen LogP contribution is 2.30. The first kappa shape index (κ1) is 20.3. The van der Waals surface area contributed by atoms with E-state index < -0.39 is 6.10 Å². The van der Waals surface area contributed by atoms with Crippen LogP contribution in [-0.4, -0.2) is 33.0 Å². The van der Waals surface area contributed by atoms with Gasteiger partial charge in [0.2, 0.25) is 5.78 Å². The first-order valence-corrected chi connectivity index (χ1v) is 10.8. The van der Waals surface area contributed by atoms with Gasteiger partial charge in [0, 0.05) is 12.2 Å². The number of nitrogens with one attached hydrogen (secondary N) is 1. The molecule has 5 nitrogen and oxygen atoms in total. The zero-order chi connectivity index (χ0) is 20.4. The molecule has 2 aromatic heterocycles. The van der Waals surface area contributed by atoms with Crippen molar-refractivity contribution in [3.8, 4) is 0 Å². The molecule has 1 saturated carbocycles. The van der Waals surface area contributed by atoms with Crippen LogP contribution in [0.15, 0.2) is 42.2 Å². The molecule has 0 aliphatic heterocycles. The number of aromatic nitrogens is 2. The lowest BCUT2D eigenvalue weighted by Gasteiger charge is -2.14. The van der Waals surface area contributed by atoms with Gasteiger partial charge >= 0.3 is 0 Å². The number of ketones is 1. The van der Waals surface area contributed by atoms with E-state index in [9.17, 15) is 9.90 Å². The predicted molar refractivity (Wildman–Crippen MR) is 116 cm³/mol. The number of rotatable bonds is 6. The number of benzene rings is 1. The number of hydrogen-bond acceptors (Lipinski definition) is 6. The summed E-state index contributed by atoms with van der Waals surface area (Å²) in [6, 6.07) is 7.46. The second-order valence-corrected chi connectivity index (χ2v) is 8.64. The van der Waals surface area contributed by atoms with E-state index in [4.69, 9.17) is 23.2 Å². The molecule has 4 rings (SSSR count). The van der Waals surface area contributed by atoms with Crippen LogP contribution in [0.3, 0.4) is 0 Å². The van der Waals surface area contributed by atoms with Gasteiger partial charge in [0.15, 0.2) is 0 Å². The maximum absolute atomic E-state index is 13.1. The Hall–Kier alpha value is -1.99. The second kappa shape index (κ2) is 8.79. The largest absolute Gasteiger partial charge is 0.393 e. The van der Waals surface area contributed by atoms with Gasteiger partial charge in [-0.3, -0.25) is 4.79 Å². The summed E-state index contributed by atoms with van der Waals surface area (Å²) in [7, 11) is 0. The highest BCUT2D eigenvalue weighted by atomic mass is 35.5. The smallest absolute Gasteiger partial charge is 0.208 e. The third kappa shape index (κ3) is 4.61. The van der Waals surface area contributed by atoms with Gasteiger partial charge in [0.05, 0.1) is 26.6 Å². The molecule has 1 aromatic carbocycles. The number of hydrogen-bond donors (Lipinski definition) is 2. The van der Waals surface area contributed by atoms with Crippen molar-refractivity contribution in [2.75, 3.05) is 5.32 Å². The van der Waals surface area contributed by atoms with E-state index >= 15 is 0 Å². The lowest BCUT2D eigenvalue weighted by molar-refractivity contribution is 0.104. The summed E-state index contributed by atoms with van der Waals surface area (Å²) in [6.45, 7) is 0. The van der Waals surface area contributed by atoms with Crippen molar-refractivity contribution >= 4 is 46.1 Å². The molecule has 0 saturated heterocycles. The van der Waals surface area contributed by atoms with Crippen LogP contribution in [-0.2, 0) is 6.42 Å². The Labute approximate surface area is 182 Å². The average molecular weight is 447 g/mol. The second-order valence-electron chi connectivity index (χ2n) is 6.94. The third-order valence-corrected chi connectivity index (χ3v) is 6.66. The van der Waals surface area contributed by atoms with E-state index in [1.165, 1.54) is 23.9 Å². The molecule has 0 unspecified atom stereocenters. The van der Waals surface area contributed by atoms with Crippen LogP contribution in [0.5, 0.6) is 0 Å². The van der Waals surface area contributed by atoms with Crippen molar-refractivity contribution < 1.29 is 9.90 Å². The standard InChI is InChI=1S/C21H18Cl2N3O2S/c22-17-3-1-2-13(19(17)23)6-12-7-18(29-10-12)20(28)16-9-24-11-25-21(16)26-14-4-5-15(27)8-14/h1-3,5,7,9-11,14-15,27H,4,6,8H2,(H,24,25,26)/t14-,15+/m1/s1. The topological polar surface area (TPSA) is 75.1 Å². The van der Waals surface area contributed by atoms with Crippen LogP contribution >= 0.6 is 34.5 Å². The molecule has 8 heteroatoms. The van der Waals surface area contributed by atoms with Crippen molar-refractivity contribution in [3.05, 3.63) is 80.2 Å². The zero-order valence-electron chi connectivity index (χ0n) is 15.3. The minimum Gasteiger partial charge on any atom is -0.393 e. The molecule has 0 spiro atoms. The molecule has 1 radical (unpaired) electrons. The van der Waals surface area contributed by atoms with Crippen LogP contribution in [0.4, 0.5) is 5.82 Å². The van der Waals surface area contributed by atoms with Crippen molar-refractivity contribution in [2.24, 2.45) is 0 Å². The molecular weight excluding hydrogens is 429 g/mol. The maximum atomic E-state index is 13.1. The Balaban J connectivity index is 1.53. The molecule has 0 amide bonds. The van der Waals surface area contributed by atoms with Crippen LogP contribution < -0.4 is 5.32 Å². The molecule has 29 heavy (non-hydrogen) atoms. The fraction of sp³-hybridized carbons (Fsp3) is 0.238. The summed E-state index contributed by atoms with van der Waals surface area (Å²) in [5.74, 6) is 0.356. The van der Waals surface area contributed by atoms with E-state index in [2.05, 4.69) is 15.3 Å². The lowest BCUT2D eigenvalue weighted by atomic mass is 10.1. The number of aliphatic hydroxyl groups excluding tert-OH is 1. The summed E-state index contributed by atoms with van der Waals surface area (Å²) in [5, 5.41) is 15.9. The van der Waals surface area contributed by atoms with Crippen LogP contribution in [0.2, 0.25) is 10.0 Å². The summed E-state index contributed by atoms with van der Waals surface area (Å²) in [4.78, 5) is 21.9. The van der Waals surface area contributed by atoms with Gasteiger partial charge in [-0.1, -0.05) is 35.3 Å². The van der Waals surface area contributed by atoms with Crippen molar-refractivity contribution in [1.29, 1.82) is 0 Å². The molecule has 2 N–H and O–H groups in total. The number of thiophene rings is 1. The Morgan fingerprint density at radius 2 is 2.21 bits per heavy atom. The molecule has 149 valence electrons. The predicted octanol–water partition coefficient (Wildman–Crippen LogP) is 4.81. The van der Waals surface area contributed by atoms with E-state index in [1.807, 2.05) is 30.0 Å². The Morgan fingerprint density at radius 1 is 1.34 bits per heavy atom. The zero-order valence-corrected chi connectivity index (χ0v) is 17.6. The molecule has 1 fully saturated rings. The minimum absolute atomic E-state index is 0.0512. The summed E-state index contributed by atoms with van der Waals surface area (Å²) >= 11 is 13.7. The molecule has 1 aliphatic carbocycles. The van der Waals surface area contributed by atoms with Crippen molar-refractivity contribution in [3.63, 3.8) is 0 Å². The van der Waals surface area contributed by atoms with Gasteiger partial charge in [0.1, 0.15) is 12.1 Å². The quantitative estimate of drug-likeness (QED) is 0.531. The summed E-state index contributed by atoms with van der Waals surface area (Å²) < 4.78 is 0. The summed E-state index contributed by atoms with van der Waals surface area (Å²) in [6.07, 6.45) is 6.28. The first-order chi connectivity index (χ1) is 14.0. The SMILES string of the molecule is O=C(c1cc(Cc2cccc(Cl)c2Cl)cs1)c1cncnc1N[C@@H]1C[CH][C@H](O)C1. The highest BCUT2D eigenvalue weighted by molar-refractivity contribution is 7.12. The van der Waals surface area contributed by atoms with Crippen LogP contribution in [0.1, 0.15) is 39.2 Å².